The summed E-state index contributed by atoms with van der Waals surface area (Å²) in [7, 11) is 0. The van der Waals surface area contributed by atoms with Crippen LogP contribution in [0.15, 0.2) is 85.1 Å². The summed E-state index contributed by atoms with van der Waals surface area (Å²) >= 11 is 0. The molecule has 0 bridgehead atoms. The molecule has 0 aliphatic rings. The minimum absolute atomic E-state index is 0.0929. The van der Waals surface area contributed by atoms with Gasteiger partial charge in [0.1, 0.15) is 13.2 Å². The highest BCUT2D eigenvalue weighted by Gasteiger charge is 2.19. The molecule has 0 aromatic carbocycles. The van der Waals surface area contributed by atoms with Crippen molar-refractivity contribution in [2.75, 3.05) is 13.2 Å². The predicted molar refractivity (Wildman–Crippen MR) is 334 cm³/mol. The van der Waals surface area contributed by atoms with E-state index in [4.69, 9.17) is 14.2 Å². The SMILES string of the molecule is CC/C=C\C/C=C\C/C=C\C/C=C\CCCCC(=O)OCC(COC(=O)CCCCCCCCCCCCCCCCCCCCCCCCCCC)OC(=O)CCCCCCCC/C=C\C/C=C\C/C=C\CCCCC. The van der Waals surface area contributed by atoms with E-state index in [0.29, 0.717) is 19.3 Å². The van der Waals surface area contributed by atoms with Gasteiger partial charge in [0.2, 0.25) is 0 Å². The van der Waals surface area contributed by atoms with Crippen molar-refractivity contribution in [3.8, 4) is 0 Å². The number of allylic oxidation sites excluding steroid dienone is 14. The smallest absolute Gasteiger partial charge is 0.306 e. The van der Waals surface area contributed by atoms with Gasteiger partial charge >= 0.3 is 17.9 Å². The van der Waals surface area contributed by atoms with Gasteiger partial charge in [-0.15, -0.1) is 0 Å². The van der Waals surface area contributed by atoms with E-state index in [9.17, 15) is 14.4 Å². The van der Waals surface area contributed by atoms with Crippen LogP contribution in [0.1, 0.15) is 329 Å². The number of ether oxygens (including phenoxy) is 3. The Bertz CT molecular complexity index is 1470. The Labute approximate surface area is 477 Å². The zero-order valence-corrected chi connectivity index (χ0v) is 51.0. The maximum Gasteiger partial charge on any atom is 0.306 e. The van der Waals surface area contributed by atoms with Crippen LogP contribution >= 0.6 is 0 Å². The average molecular weight is 1070 g/mol. The van der Waals surface area contributed by atoms with Gasteiger partial charge in [-0.3, -0.25) is 14.4 Å². The Balaban J connectivity index is 4.34. The third kappa shape index (κ3) is 63.3. The summed E-state index contributed by atoms with van der Waals surface area (Å²) in [5, 5.41) is 0. The molecular weight excluding hydrogens is 949 g/mol. The van der Waals surface area contributed by atoms with Crippen molar-refractivity contribution in [2.45, 2.75) is 335 Å². The second kappa shape index (κ2) is 65.1. The molecule has 0 aliphatic carbocycles. The number of rotatable bonds is 60. The van der Waals surface area contributed by atoms with Crippen LogP contribution in [0.5, 0.6) is 0 Å². The highest BCUT2D eigenvalue weighted by Crippen LogP contribution is 2.17. The van der Waals surface area contributed by atoms with Crippen LogP contribution in [0.25, 0.3) is 0 Å². The van der Waals surface area contributed by atoms with Gasteiger partial charge in [-0.1, -0.05) is 298 Å². The van der Waals surface area contributed by atoms with E-state index < -0.39 is 6.10 Å². The molecule has 0 amide bonds. The first-order valence-electron chi connectivity index (χ1n) is 33.1. The quantitative estimate of drug-likeness (QED) is 0.0261. The molecule has 0 heterocycles. The van der Waals surface area contributed by atoms with Gasteiger partial charge in [-0.25, -0.2) is 0 Å². The van der Waals surface area contributed by atoms with E-state index in [1.54, 1.807) is 0 Å². The van der Waals surface area contributed by atoms with E-state index in [2.05, 4.69) is 106 Å². The van der Waals surface area contributed by atoms with E-state index >= 15 is 0 Å². The van der Waals surface area contributed by atoms with Crippen molar-refractivity contribution in [3.63, 3.8) is 0 Å². The molecule has 6 nitrogen and oxygen atoms in total. The van der Waals surface area contributed by atoms with E-state index in [-0.39, 0.29) is 31.1 Å². The van der Waals surface area contributed by atoms with Gasteiger partial charge in [0.05, 0.1) is 0 Å². The summed E-state index contributed by atoms with van der Waals surface area (Å²) in [5.74, 6) is -0.935. The first-order chi connectivity index (χ1) is 38.0. The fourth-order valence-electron chi connectivity index (χ4n) is 9.44. The minimum atomic E-state index is -0.801. The molecule has 0 radical (unpaired) electrons. The van der Waals surface area contributed by atoms with Crippen LogP contribution in [0, 0.1) is 0 Å². The molecule has 0 N–H and O–H groups in total. The number of hydrogen-bond donors (Lipinski definition) is 0. The molecule has 1 unspecified atom stereocenters. The lowest BCUT2D eigenvalue weighted by atomic mass is 10.0. The number of carbonyl (C=O) groups is 3. The fourth-order valence-corrected chi connectivity index (χ4v) is 9.44. The second-order valence-corrected chi connectivity index (χ2v) is 22.0. The van der Waals surface area contributed by atoms with Crippen LogP contribution in [0.4, 0.5) is 0 Å². The van der Waals surface area contributed by atoms with Crippen molar-refractivity contribution in [2.24, 2.45) is 0 Å². The summed E-state index contributed by atoms with van der Waals surface area (Å²) in [4.78, 5) is 38.3. The second-order valence-electron chi connectivity index (χ2n) is 22.0. The van der Waals surface area contributed by atoms with Crippen LogP contribution < -0.4 is 0 Å². The molecule has 0 fully saturated rings. The van der Waals surface area contributed by atoms with E-state index in [0.717, 1.165) is 109 Å². The van der Waals surface area contributed by atoms with E-state index in [1.807, 2.05) is 0 Å². The molecule has 0 saturated carbocycles. The van der Waals surface area contributed by atoms with Crippen molar-refractivity contribution >= 4 is 17.9 Å². The number of hydrogen-bond acceptors (Lipinski definition) is 6. The van der Waals surface area contributed by atoms with Gasteiger partial charge < -0.3 is 14.2 Å². The van der Waals surface area contributed by atoms with Gasteiger partial charge in [0.25, 0.3) is 0 Å². The molecule has 1 atom stereocenters. The Morgan fingerprint density at radius 2 is 0.506 bits per heavy atom. The van der Waals surface area contributed by atoms with Crippen LogP contribution in [-0.4, -0.2) is 37.2 Å². The summed E-state index contributed by atoms with van der Waals surface area (Å²) in [6.45, 7) is 6.49. The maximum absolute atomic E-state index is 12.9. The maximum atomic E-state index is 12.9. The van der Waals surface area contributed by atoms with Crippen LogP contribution in [-0.2, 0) is 28.6 Å². The summed E-state index contributed by atoms with van der Waals surface area (Å²) < 4.78 is 16.9. The Kier molecular flexibility index (Phi) is 62.2. The Hall–Kier alpha value is -3.41. The fraction of sp³-hybridized carbons (Fsp3) is 0.761. The lowest BCUT2D eigenvalue weighted by Crippen LogP contribution is -2.30. The largest absolute Gasteiger partial charge is 0.462 e. The molecule has 444 valence electrons. The Morgan fingerprint density at radius 3 is 0.844 bits per heavy atom. The zero-order chi connectivity index (χ0) is 55.7. The molecule has 0 rings (SSSR count). The summed E-state index contributed by atoms with van der Waals surface area (Å²) in [6, 6.07) is 0. The lowest BCUT2D eigenvalue weighted by molar-refractivity contribution is -0.167. The molecule has 0 saturated heterocycles. The van der Waals surface area contributed by atoms with Gasteiger partial charge in [0.15, 0.2) is 6.10 Å². The highest BCUT2D eigenvalue weighted by molar-refractivity contribution is 5.71. The normalized spacial score (nSPS) is 12.6. The topological polar surface area (TPSA) is 78.9 Å². The molecular formula is C71H124O6. The first kappa shape index (κ1) is 73.6. The molecule has 77 heavy (non-hydrogen) atoms. The first-order valence-corrected chi connectivity index (χ1v) is 33.1. The third-order valence-electron chi connectivity index (χ3n) is 14.4. The number of unbranched alkanes of at least 4 members (excludes halogenated alkanes) is 35. The molecule has 0 aromatic heterocycles. The molecule has 6 heteroatoms. The summed E-state index contributed by atoms with van der Waals surface area (Å²) in [6.07, 6.45) is 86.0. The van der Waals surface area contributed by atoms with Crippen LogP contribution in [0.2, 0.25) is 0 Å². The van der Waals surface area contributed by atoms with Crippen molar-refractivity contribution in [1.82, 2.24) is 0 Å². The number of esters is 3. The standard InChI is InChI=1S/C71H124O6/c1-4-7-10-13-16-19-22-25-28-30-32-33-34-35-36-37-39-40-43-46-49-52-55-58-61-64-70(73)76-67-68(66-75-69(72)63-60-57-54-51-48-45-42-27-24-21-18-15-12-9-6-3)77-71(74)65-62-59-56-53-50-47-44-41-38-31-29-26-23-20-17-14-11-8-5-2/h9,12,17-18,20-21,26-27,29,38,41-42,48,51,68H,4-8,10-11,13-16,19,22-25,28,30-37,39-40,43-47,49-50,52-67H2,1-3H3/b12-9-,20-17-,21-18-,29-26-,41-38-,42-27-,51-48-. The third-order valence-corrected chi connectivity index (χ3v) is 14.4. The Morgan fingerprint density at radius 1 is 0.273 bits per heavy atom. The van der Waals surface area contributed by atoms with Gasteiger partial charge in [0, 0.05) is 19.3 Å². The minimum Gasteiger partial charge on any atom is -0.462 e. The van der Waals surface area contributed by atoms with Crippen molar-refractivity contribution < 1.29 is 28.6 Å². The molecule has 0 aromatic rings. The van der Waals surface area contributed by atoms with Crippen molar-refractivity contribution in [1.29, 1.82) is 0 Å². The van der Waals surface area contributed by atoms with E-state index in [1.165, 1.54) is 180 Å². The van der Waals surface area contributed by atoms with Gasteiger partial charge in [-0.05, 0) is 96.3 Å². The van der Waals surface area contributed by atoms with Crippen molar-refractivity contribution in [3.05, 3.63) is 85.1 Å². The number of carbonyl (C=O) groups excluding carboxylic acids is 3. The molecule has 0 spiro atoms. The predicted octanol–water partition coefficient (Wildman–Crippen LogP) is 22.7. The van der Waals surface area contributed by atoms with Crippen LogP contribution in [0.3, 0.4) is 0 Å². The lowest BCUT2D eigenvalue weighted by Gasteiger charge is -2.18. The average Bonchev–Trinajstić information content (AvgIpc) is 3.43. The monoisotopic (exact) mass is 1070 g/mol. The van der Waals surface area contributed by atoms with Gasteiger partial charge in [-0.2, -0.15) is 0 Å². The highest BCUT2D eigenvalue weighted by atomic mass is 16.6. The summed E-state index contributed by atoms with van der Waals surface area (Å²) in [5.41, 5.74) is 0. The molecule has 0 aliphatic heterocycles. The zero-order valence-electron chi connectivity index (χ0n) is 51.0.